The molecule has 16 heavy (non-hydrogen) atoms. The van der Waals surface area contributed by atoms with Crippen LogP contribution in [0.4, 0.5) is 13.2 Å². The molecule has 0 aliphatic rings. The van der Waals surface area contributed by atoms with E-state index in [1.54, 1.807) is 6.92 Å². The molecule has 3 nitrogen and oxygen atoms in total. The van der Waals surface area contributed by atoms with Crippen LogP contribution < -0.4 is 0 Å². The summed E-state index contributed by atoms with van der Waals surface area (Å²) >= 11 is 3.17. The number of hydrogen-bond acceptors (Lipinski definition) is 2. The van der Waals surface area contributed by atoms with Crippen LogP contribution in [0.1, 0.15) is 17.1 Å². The normalized spacial score (nSPS) is 12.4. The maximum absolute atomic E-state index is 12.7. The fraction of sp³-hybridized carbons (Fsp3) is 0.333. The van der Waals surface area contributed by atoms with Crippen LogP contribution in [0.2, 0.25) is 0 Å². The third-order valence-electron chi connectivity index (χ3n) is 2.11. The number of hydrogen-bond donors (Lipinski definition) is 0. The summed E-state index contributed by atoms with van der Waals surface area (Å²) < 4.78 is 39.5. The molecule has 2 heterocycles. The molecular formula is C9H7BrF3N3. The third kappa shape index (κ3) is 1.68. The van der Waals surface area contributed by atoms with Gasteiger partial charge in [-0.3, -0.25) is 0 Å². The van der Waals surface area contributed by atoms with Gasteiger partial charge in [0.2, 0.25) is 0 Å². The minimum atomic E-state index is -4.44. The topological polar surface area (TPSA) is 30.2 Å². The maximum Gasteiger partial charge on any atom is 0.433 e. The van der Waals surface area contributed by atoms with E-state index in [4.69, 9.17) is 0 Å². The first-order chi connectivity index (χ1) is 7.30. The lowest BCUT2D eigenvalue weighted by Gasteiger charge is -2.09. The number of aromatic nitrogens is 3. The van der Waals surface area contributed by atoms with Gasteiger partial charge in [0.05, 0.1) is 10.2 Å². The van der Waals surface area contributed by atoms with Crippen molar-refractivity contribution in [3.8, 4) is 0 Å². The number of alkyl halides is 3. The standard InChI is InChI=1S/C9H7BrF3N3/c1-4-3-6(9(11,12)13)16-8(14-4)7(10)5(2)15-16/h3H,1-2H3. The summed E-state index contributed by atoms with van der Waals surface area (Å²) in [5.41, 5.74) is 0.151. The van der Waals surface area contributed by atoms with Gasteiger partial charge in [0.15, 0.2) is 5.65 Å². The van der Waals surface area contributed by atoms with Crippen molar-refractivity contribution in [3.05, 3.63) is 27.6 Å². The Bertz CT molecular complexity index is 559. The molecule has 2 aromatic heterocycles. The molecule has 0 unspecified atom stereocenters. The molecule has 0 N–H and O–H groups in total. The molecule has 0 atom stereocenters. The Kier molecular flexibility index (Phi) is 2.45. The molecule has 0 saturated carbocycles. The van der Waals surface area contributed by atoms with Gasteiger partial charge in [-0.25, -0.2) is 9.50 Å². The van der Waals surface area contributed by atoms with Crippen LogP contribution in [0.15, 0.2) is 10.5 Å². The van der Waals surface area contributed by atoms with Crippen LogP contribution in [0.5, 0.6) is 0 Å². The highest BCUT2D eigenvalue weighted by Gasteiger charge is 2.35. The van der Waals surface area contributed by atoms with Gasteiger partial charge < -0.3 is 0 Å². The van der Waals surface area contributed by atoms with E-state index in [1.807, 2.05) is 0 Å². The Morgan fingerprint density at radius 2 is 1.94 bits per heavy atom. The van der Waals surface area contributed by atoms with Crippen LogP contribution >= 0.6 is 15.9 Å². The number of rotatable bonds is 0. The molecule has 0 amide bonds. The Morgan fingerprint density at radius 1 is 1.31 bits per heavy atom. The van der Waals surface area contributed by atoms with Gasteiger partial charge in [0.1, 0.15) is 5.69 Å². The van der Waals surface area contributed by atoms with Crippen LogP contribution in [-0.4, -0.2) is 14.6 Å². The van der Waals surface area contributed by atoms with E-state index in [1.165, 1.54) is 6.92 Å². The Balaban J connectivity index is 2.89. The molecule has 0 aliphatic heterocycles. The van der Waals surface area contributed by atoms with Gasteiger partial charge in [-0.2, -0.15) is 18.3 Å². The van der Waals surface area contributed by atoms with E-state index in [2.05, 4.69) is 26.0 Å². The van der Waals surface area contributed by atoms with Gasteiger partial charge >= 0.3 is 6.18 Å². The number of fused-ring (bicyclic) bond motifs is 1. The predicted octanol–water partition coefficient (Wildman–Crippen LogP) is 3.13. The van der Waals surface area contributed by atoms with Gasteiger partial charge in [0, 0.05) is 5.69 Å². The minimum Gasteiger partial charge on any atom is -0.233 e. The molecule has 7 heteroatoms. The van der Waals surface area contributed by atoms with Gasteiger partial charge in [-0.15, -0.1) is 0 Å². The van der Waals surface area contributed by atoms with Crippen molar-refractivity contribution in [3.63, 3.8) is 0 Å². The van der Waals surface area contributed by atoms with Crippen molar-refractivity contribution in [1.82, 2.24) is 14.6 Å². The molecule has 0 aromatic carbocycles. The monoisotopic (exact) mass is 293 g/mol. The van der Waals surface area contributed by atoms with E-state index in [0.29, 0.717) is 15.9 Å². The van der Waals surface area contributed by atoms with Crippen molar-refractivity contribution in [1.29, 1.82) is 0 Å². The number of halogens is 4. The SMILES string of the molecule is Cc1cc(C(F)(F)F)n2nc(C)c(Br)c2n1. The van der Waals surface area contributed by atoms with Crippen LogP contribution in [0.3, 0.4) is 0 Å². The minimum absolute atomic E-state index is 0.185. The van der Waals surface area contributed by atoms with Gasteiger partial charge in [-0.1, -0.05) is 0 Å². The van der Waals surface area contributed by atoms with Crippen LogP contribution in [-0.2, 0) is 6.18 Å². The second-order valence-electron chi connectivity index (χ2n) is 3.42. The molecule has 0 bridgehead atoms. The molecule has 0 fully saturated rings. The average Bonchev–Trinajstić information content (AvgIpc) is 2.42. The van der Waals surface area contributed by atoms with Crippen molar-refractivity contribution in [2.24, 2.45) is 0 Å². The van der Waals surface area contributed by atoms with E-state index < -0.39 is 11.9 Å². The Hall–Kier alpha value is -1.11. The smallest absolute Gasteiger partial charge is 0.233 e. The second-order valence-corrected chi connectivity index (χ2v) is 4.21. The van der Waals surface area contributed by atoms with E-state index >= 15 is 0 Å². The largest absolute Gasteiger partial charge is 0.433 e. The third-order valence-corrected chi connectivity index (χ3v) is 3.04. The fourth-order valence-corrected chi connectivity index (χ4v) is 1.76. The second kappa shape index (κ2) is 3.44. The summed E-state index contributed by atoms with van der Waals surface area (Å²) in [6, 6.07) is 0.978. The van der Waals surface area contributed by atoms with Crippen LogP contribution in [0.25, 0.3) is 5.65 Å². The summed E-state index contributed by atoms with van der Waals surface area (Å²) in [6.45, 7) is 3.14. The Morgan fingerprint density at radius 3 is 2.50 bits per heavy atom. The molecule has 86 valence electrons. The maximum atomic E-state index is 12.7. The van der Waals surface area contributed by atoms with Gasteiger partial charge in [0.25, 0.3) is 0 Å². The molecule has 0 aliphatic carbocycles. The fourth-order valence-electron chi connectivity index (χ4n) is 1.42. The van der Waals surface area contributed by atoms with E-state index in [-0.39, 0.29) is 5.65 Å². The first-order valence-electron chi connectivity index (χ1n) is 4.40. The zero-order chi connectivity index (χ0) is 12.1. The predicted molar refractivity (Wildman–Crippen MR) is 55.2 cm³/mol. The van der Waals surface area contributed by atoms with E-state index in [0.717, 1.165) is 10.6 Å². The lowest BCUT2D eigenvalue weighted by atomic mass is 10.3. The van der Waals surface area contributed by atoms with Crippen molar-refractivity contribution < 1.29 is 13.2 Å². The Labute approximate surface area is 97.4 Å². The lowest BCUT2D eigenvalue weighted by molar-refractivity contribution is -0.142. The quantitative estimate of drug-likeness (QED) is 0.747. The highest BCUT2D eigenvalue weighted by Crippen LogP contribution is 2.31. The highest BCUT2D eigenvalue weighted by molar-refractivity contribution is 9.10. The number of nitrogens with zero attached hydrogens (tertiary/aromatic N) is 3. The van der Waals surface area contributed by atoms with Crippen LogP contribution in [0, 0.1) is 13.8 Å². The molecule has 0 radical (unpaired) electrons. The first-order valence-corrected chi connectivity index (χ1v) is 5.19. The molecule has 0 spiro atoms. The number of aryl methyl sites for hydroxylation is 2. The summed E-state index contributed by atoms with van der Waals surface area (Å²) in [4.78, 5) is 4.02. The molecule has 2 aromatic rings. The van der Waals surface area contributed by atoms with Crippen molar-refractivity contribution >= 4 is 21.6 Å². The molecule has 2 rings (SSSR count). The summed E-state index contributed by atoms with van der Waals surface area (Å²) in [5, 5.41) is 3.81. The van der Waals surface area contributed by atoms with E-state index in [9.17, 15) is 13.2 Å². The van der Waals surface area contributed by atoms with Gasteiger partial charge in [-0.05, 0) is 35.8 Å². The van der Waals surface area contributed by atoms with Crippen molar-refractivity contribution in [2.75, 3.05) is 0 Å². The average molecular weight is 294 g/mol. The zero-order valence-electron chi connectivity index (χ0n) is 8.43. The summed E-state index contributed by atoms with van der Waals surface area (Å²) in [6.07, 6.45) is -4.44. The summed E-state index contributed by atoms with van der Waals surface area (Å²) in [7, 11) is 0. The molecule has 0 saturated heterocycles. The first kappa shape index (κ1) is 11.4. The zero-order valence-corrected chi connectivity index (χ0v) is 10.0. The molecular weight excluding hydrogens is 287 g/mol. The summed E-state index contributed by atoms with van der Waals surface area (Å²) in [5.74, 6) is 0. The van der Waals surface area contributed by atoms with Crippen molar-refractivity contribution in [2.45, 2.75) is 20.0 Å². The highest BCUT2D eigenvalue weighted by atomic mass is 79.9. The lowest BCUT2D eigenvalue weighted by Crippen LogP contribution is -2.13.